The Balaban J connectivity index is 0.986. The van der Waals surface area contributed by atoms with Gasteiger partial charge in [0.1, 0.15) is 0 Å². The molecule has 0 aliphatic carbocycles. The Hall–Kier alpha value is -7.34. The van der Waals surface area contributed by atoms with Gasteiger partial charge in [0.05, 0.1) is 0 Å². The highest BCUT2D eigenvalue weighted by Gasteiger charge is 2.16. The molecule has 0 bridgehead atoms. The van der Waals surface area contributed by atoms with E-state index in [2.05, 4.69) is 181 Å². The molecule has 0 amide bonds. The molecular weight excluding hydrogens is 713 g/mol. The van der Waals surface area contributed by atoms with Crippen LogP contribution in [0.15, 0.2) is 194 Å². The lowest BCUT2D eigenvalue weighted by Crippen LogP contribution is -2.00. The number of benzene rings is 8. The molecule has 0 aliphatic heterocycles. The zero-order chi connectivity index (χ0) is 37.7. The molecule has 0 fully saturated rings. The molecular formula is C52H32N4S. The normalized spacial score (nSPS) is 11.5. The highest BCUT2D eigenvalue weighted by atomic mass is 32.1. The van der Waals surface area contributed by atoms with Crippen LogP contribution in [0.5, 0.6) is 0 Å². The second-order valence-electron chi connectivity index (χ2n) is 14.3. The molecule has 0 saturated heterocycles. The molecule has 11 aromatic rings. The number of aromatic nitrogens is 4. The fourth-order valence-electron chi connectivity index (χ4n) is 7.87. The topological polar surface area (TPSA) is 51.6 Å². The Morgan fingerprint density at radius 1 is 0.316 bits per heavy atom. The van der Waals surface area contributed by atoms with Crippen LogP contribution in [0, 0.1) is 0 Å². The third-order valence-electron chi connectivity index (χ3n) is 10.8. The van der Waals surface area contributed by atoms with Crippen LogP contribution >= 0.6 is 11.3 Å². The second-order valence-corrected chi connectivity index (χ2v) is 15.3. The zero-order valence-corrected chi connectivity index (χ0v) is 31.5. The van der Waals surface area contributed by atoms with Gasteiger partial charge in [0, 0.05) is 49.3 Å². The monoisotopic (exact) mass is 744 g/mol. The van der Waals surface area contributed by atoms with Crippen LogP contribution in [-0.2, 0) is 0 Å². The molecule has 4 nitrogen and oxygen atoms in total. The molecule has 0 aliphatic rings. The first kappa shape index (κ1) is 33.0. The van der Waals surface area contributed by atoms with Gasteiger partial charge in [0.2, 0.25) is 0 Å². The maximum atomic E-state index is 5.09. The molecule has 0 spiro atoms. The summed E-state index contributed by atoms with van der Waals surface area (Å²) in [5.74, 6) is 1.94. The Kier molecular flexibility index (Phi) is 7.97. The number of hydrogen-bond acceptors (Lipinski definition) is 5. The fourth-order valence-corrected chi connectivity index (χ4v) is 9.24. The van der Waals surface area contributed by atoms with Crippen LogP contribution in [0.25, 0.3) is 109 Å². The minimum atomic E-state index is 0.641. The van der Waals surface area contributed by atoms with Crippen molar-refractivity contribution in [2.75, 3.05) is 0 Å². The van der Waals surface area contributed by atoms with Crippen molar-refractivity contribution in [1.82, 2.24) is 19.9 Å². The maximum Gasteiger partial charge on any atom is 0.164 e. The third kappa shape index (κ3) is 6.02. The summed E-state index contributed by atoms with van der Waals surface area (Å²) in [4.78, 5) is 19.5. The summed E-state index contributed by atoms with van der Waals surface area (Å²) in [6, 6.07) is 64.4. The molecule has 0 unspecified atom stereocenters. The number of hydrogen-bond donors (Lipinski definition) is 0. The van der Waals surface area contributed by atoms with Gasteiger partial charge in [-0.05, 0) is 73.1 Å². The van der Waals surface area contributed by atoms with Gasteiger partial charge in [-0.2, -0.15) is 0 Å². The molecule has 11 rings (SSSR count). The number of rotatable bonds is 6. The average Bonchev–Trinajstić information content (AvgIpc) is 3.68. The molecule has 5 heteroatoms. The minimum absolute atomic E-state index is 0.641. The van der Waals surface area contributed by atoms with Crippen LogP contribution in [0.1, 0.15) is 0 Å². The van der Waals surface area contributed by atoms with Gasteiger partial charge in [-0.3, -0.25) is 4.98 Å². The van der Waals surface area contributed by atoms with Gasteiger partial charge in [-0.25, -0.2) is 15.0 Å². The lowest BCUT2D eigenvalue weighted by atomic mass is 9.98. The van der Waals surface area contributed by atoms with E-state index < -0.39 is 0 Å². The number of nitrogens with zero attached hydrogens (tertiary/aromatic N) is 4. The van der Waals surface area contributed by atoms with Crippen molar-refractivity contribution in [3.8, 4) is 67.5 Å². The molecule has 0 radical (unpaired) electrons. The summed E-state index contributed by atoms with van der Waals surface area (Å²) < 4.78 is 2.57. The smallest absolute Gasteiger partial charge is 0.164 e. The van der Waals surface area contributed by atoms with E-state index in [1.807, 2.05) is 29.8 Å². The highest BCUT2D eigenvalue weighted by molar-refractivity contribution is 7.26. The van der Waals surface area contributed by atoms with Crippen LogP contribution in [0.4, 0.5) is 0 Å². The second kappa shape index (κ2) is 13.7. The predicted molar refractivity (Wildman–Crippen MR) is 238 cm³/mol. The third-order valence-corrected chi connectivity index (χ3v) is 12.1. The average molecular weight is 745 g/mol. The van der Waals surface area contributed by atoms with E-state index in [1.54, 1.807) is 0 Å². The fraction of sp³-hybridized carbons (Fsp3) is 0. The van der Waals surface area contributed by atoms with E-state index in [1.165, 1.54) is 47.6 Å². The van der Waals surface area contributed by atoms with Crippen LogP contribution < -0.4 is 0 Å². The molecule has 3 aromatic heterocycles. The predicted octanol–water partition coefficient (Wildman–Crippen LogP) is 13.9. The Bertz CT molecular complexity index is 3180. The SMILES string of the molecule is c1cncc(-c2ccc(-c3cccc4c3sc3c(-c5ccc(-c6nc(-c7ccc8ccccc8c7)nc(-c7ccc8ccccc8c7)n6)cc5)cccc34)cc2)c1. The zero-order valence-electron chi connectivity index (χ0n) is 30.7. The molecule has 57 heavy (non-hydrogen) atoms. The molecule has 3 heterocycles. The molecule has 0 saturated carbocycles. The van der Waals surface area contributed by atoms with Crippen molar-refractivity contribution in [2.24, 2.45) is 0 Å². The molecule has 8 aromatic carbocycles. The standard InChI is InChI=1S/C52H32N4S/c1-3-10-39-30-41(27-19-33(39)8-1)51-54-50(55-52(56-51)42-28-20-34-9-2-4-11-40(34)31-42)38-25-23-37(24-26-38)45-14-6-16-47-46-15-5-13-44(48(46)57-49(45)47)36-21-17-35(18-22-36)43-12-7-29-53-32-43/h1-32H. The van der Waals surface area contributed by atoms with Crippen molar-refractivity contribution in [3.63, 3.8) is 0 Å². The number of fused-ring (bicyclic) bond motifs is 5. The molecule has 0 atom stereocenters. The number of pyridine rings is 1. The minimum Gasteiger partial charge on any atom is -0.264 e. The van der Waals surface area contributed by atoms with E-state index in [-0.39, 0.29) is 0 Å². The van der Waals surface area contributed by atoms with Gasteiger partial charge in [-0.15, -0.1) is 11.3 Å². The number of thiophene rings is 1. The van der Waals surface area contributed by atoms with E-state index in [4.69, 9.17) is 15.0 Å². The van der Waals surface area contributed by atoms with E-state index in [0.29, 0.717) is 17.5 Å². The van der Waals surface area contributed by atoms with Crippen molar-refractivity contribution in [1.29, 1.82) is 0 Å². The van der Waals surface area contributed by atoms with Crippen LogP contribution in [0.3, 0.4) is 0 Å². The van der Waals surface area contributed by atoms with Gasteiger partial charge in [-0.1, -0.05) is 164 Å². The summed E-state index contributed by atoms with van der Waals surface area (Å²) >= 11 is 1.86. The van der Waals surface area contributed by atoms with Gasteiger partial charge in [0.25, 0.3) is 0 Å². The van der Waals surface area contributed by atoms with Crippen LogP contribution in [-0.4, -0.2) is 19.9 Å². The van der Waals surface area contributed by atoms with Crippen LogP contribution in [0.2, 0.25) is 0 Å². The van der Waals surface area contributed by atoms with E-state index in [9.17, 15) is 0 Å². The maximum absolute atomic E-state index is 5.09. The van der Waals surface area contributed by atoms with Crippen molar-refractivity contribution >= 4 is 53.1 Å². The first-order valence-electron chi connectivity index (χ1n) is 19.0. The largest absolute Gasteiger partial charge is 0.264 e. The van der Waals surface area contributed by atoms with Gasteiger partial charge in [0.15, 0.2) is 17.5 Å². The van der Waals surface area contributed by atoms with E-state index >= 15 is 0 Å². The first-order chi connectivity index (χ1) is 28.2. The van der Waals surface area contributed by atoms with Gasteiger partial charge >= 0.3 is 0 Å². The highest BCUT2D eigenvalue weighted by Crippen LogP contribution is 2.44. The van der Waals surface area contributed by atoms with Crippen molar-refractivity contribution < 1.29 is 0 Å². The lowest BCUT2D eigenvalue weighted by Gasteiger charge is -2.10. The first-order valence-corrected chi connectivity index (χ1v) is 19.8. The van der Waals surface area contributed by atoms with Gasteiger partial charge < -0.3 is 0 Å². The molecule has 0 N–H and O–H groups in total. The Morgan fingerprint density at radius 3 is 1.28 bits per heavy atom. The summed E-state index contributed by atoms with van der Waals surface area (Å²) in [5.41, 5.74) is 9.93. The quantitative estimate of drug-likeness (QED) is 0.170. The van der Waals surface area contributed by atoms with E-state index in [0.717, 1.165) is 44.2 Å². The summed E-state index contributed by atoms with van der Waals surface area (Å²) in [6.45, 7) is 0. The summed E-state index contributed by atoms with van der Waals surface area (Å²) in [6.07, 6.45) is 3.72. The van der Waals surface area contributed by atoms with Crippen molar-refractivity contribution in [3.05, 3.63) is 194 Å². The molecule has 266 valence electrons. The Labute approximate surface area is 333 Å². The van der Waals surface area contributed by atoms with Crippen molar-refractivity contribution in [2.45, 2.75) is 0 Å². The lowest BCUT2D eigenvalue weighted by molar-refractivity contribution is 1.08. The summed E-state index contributed by atoms with van der Waals surface area (Å²) in [5, 5.41) is 7.20. The summed E-state index contributed by atoms with van der Waals surface area (Å²) in [7, 11) is 0. The Morgan fingerprint density at radius 2 is 0.772 bits per heavy atom.